The highest BCUT2D eigenvalue weighted by atomic mass is 32.1. The average molecular weight is 194 g/mol. The van der Waals surface area contributed by atoms with Gasteiger partial charge in [-0.05, 0) is 42.7 Å². The second-order valence-electron chi connectivity index (χ2n) is 3.82. The lowest BCUT2D eigenvalue weighted by Gasteiger charge is -2.19. The molecule has 1 nitrogen and oxygen atoms in total. The number of aryl methyl sites for hydroxylation is 1. The Bertz CT molecular complexity index is 314. The Labute approximate surface area is 82.8 Å². The van der Waals surface area contributed by atoms with Gasteiger partial charge in [0, 0.05) is 17.7 Å². The summed E-state index contributed by atoms with van der Waals surface area (Å²) in [5.41, 5.74) is 1.38. The summed E-state index contributed by atoms with van der Waals surface area (Å²) in [6, 6.07) is 2.23. The summed E-state index contributed by atoms with van der Waals surface area (Å²) in [4.78, 5) is 12.6. The maximum Gasteiger partial charge on any atom is 0.133 e. The van der Waals surface area contributed by atoms with Crippen molar-refractivity contribution >= 4 is 17.1 Å². The Morgan fingerprint density at radius 1 is 1.54 bits per heavy atom. The lowest BCUT2D eigenvalue weighted by molar-refractivity contribution is -0.120. The molecule has 70 valence electrons. The van der Waals surface area contributed by atoms with Crippen molar-refractivity contribution in [3.8, 4) is 0 Å². The molecule has 1 heterocycles. The topological polar surface area (TPSA) is 17.1 Å². The normalized spacial score (nSPS) is 23.5. The zero-order valence-corrected chi connectivity index (χ0v) is 8.69. The van der Waals surface area contributed by atoms with Crippen LogP contribution in [0.3, 0.4) is 0 Å². The van der Waals surface area contributed by atoms with Crippen molar-refractivity contribution in [3.05, 3.63) is 21.9 Å². The molecule has 0 amide bonds. The minimum atomic E-state index is 0.445. The van der Waals surface area contributed by atoms with Crippen molar-refractivity contribution in [1.29, 1.82) is 0 Å². The summed E-state index contributed by atoms with van der Waals surface area (Å²) in [6.45, 7) is 2.12. The summed E-state index contributed by atoms with van der Waals surface area (Å²) in [7, 11) is 0. The number of carbonyl (C=O) groups is 1. The van der Waals surface area contributed by atoms with Crippen LogP contribution in [0.4, 0.5) is 0 Å². The van der Waals surface area contributed by atoms with Gasteiger partial charge in [-0.15, -0.1) is 11.3 Å². The Kier molecular flexibility index (Phi) is 2.49. The van der Waals surface area contributed by atoms with Crippen LogP contribution in [-0.4, -0.2) is 5.78 Å². The number of carbonyl (C=O) groups excluding carboxylic acids is 1. The highest BCUT2D eigenvalue weighted by Gasteiger charge is 2.21. The van der Waals surface area contributed by atoms with E-state index in [1.807, 2.05) is 0 Å². The fourth-order valence-corrected chi connectivity index (χ4v) is 2.77. The van der Waals surface area contributed by atoms with E-state index in [0.29, 0.717) is 11.7 Å². The van der Waals surface area contributed by atoms with Crippen LogP contribution in [0.25, 0.3) is 0 Å². The van der Waals surface area contributed by atoms with Gasteiger partial charge in [0.1, 0.15) is 5.78 Å². The molecule has 2 heteroatoms. The molecule has 1 unspecified atom stereocenters. The smallest absolute Gasteiger partial charge is 0.133 e. The SMILES string of the molecule is Cc1cc(C2CCCC(=O)C2)cs1. The van der Waals surface area contributed by atoms with E-state index in [1.165, 1.54) is 16.9 Å². The van der Waals surface area contributed by atoms with Crippen LogP contribution in [0.15, 0.2) is 11.4 Å². The van der Waals surface area contributed by atoms with Crippen LogP contribution in [0.1, 0.15) is 42.0 Å². The van der Waals surface area contributed by atoms with Gasteiger partial charge in [-0.2, -0.15) is 0 Å². The van der Waals surface area contributed by atoms with Gasteiger partial charge in [0.15, 0.2) is 0 Å². The van der Waals surface area contributed by atoms with Gasteiger partial charge in [-0.1, -0.05) is 0 Å². The third kappa shape index (κ3) is 1.99. The molecule has 1 saturated carbocycles. The van der Waals surface area contributed by atoms with E-state index in [-0.39, 0.29) is 0 Å². The summed E-state index contributed by atoms with van der Waals surface area (Å²) in [5.74, 6) is 0.964. The van der Waals surface area contributed by atoms with Gasteiger partial charge >= 0.3 is 0 Å². The number of hydrogen-bond donors (Lipinski definition) is 0. The maximum absolute atomic E-state index is 11.3. The highest BCUT2D eigenvalue weighted by molar-refractivity contribution is 7.10. The lowest BCUT2D eigenvalue weighted by Crippen LogP contribution is -2.12. The molecular formula is C11H14OS. The zero-order chi connectivity index (χ0) is 9.26. The van der Waals surface area contributed by atoms with Gasteiger partial charge in [-0.3, -0.25) is 4.79 Å². The molecule has 1 aromatic heterocycles. The maximum atomic E-state index is 11.3. The van der Waals surface area contributed by atoms with Gasteiger partial charge in [0.05, 0.1) is 0 Å². The van der Waals surface area contributed by atoms with E-state index < -0.39 is 0 Å². The van der Waals surface area contributed by atoms with Crippen LogP contribution < -0.4 is 0 Å². The minimum Gasteiger partial charge on any atom is -0.300 e. The number of hydrogen-bond acceptors (Lipinski definition) is 2. The molecule has 1 aromatic rings. The molecule has 1 aliphatic carbocycles. The Balaban J connectivity index is 2.12. The Morgan fingerprint density at radius 2 is 2.38 bits per heavy atom. The first-order valence-electron chi connectivity index (χ1n) is 4.82. The van der Waals surface area contributed by atoms with Gasteiger partial charge in [-0.25, -0.2) is 0 Å². The van der Waals surface area contributed by atoms with Gasteiger partial charge in [0.25, 0.3) is 0 Å². The molecule has 0 radical (unpaired) electrons. The predicted octanol–water partition coefficient (Wildman–Crippen LogP) is 3.28. The van der Waals surface area contributed by atoms with E-state index in [1.54, 1.807) is 11.3 Å². The van der Waals surface area contributed by atoms with Gasteiger partial charge in [0.2, 0.25) is 0 Å². The zero-order valence-electron chi connectivity index (χ0n) is 7.88. The first-order chi connectivity index (χ1) is 6.25. The van der Waals surface area contributed by atoms with E-state index in [2.05, 4.69) is 18.4 Å². The number of Topliss-reactive ketones (excluding diaryl/α,β-unsaturated/α-hetero) is 1. The molecule has 1 aliphatic rings. The van der Waals surface area contributed by atoms with Crippen molar-refractivity contribution in [2.24, 2.45) is 0 Å². The Hall–Kier alpha value is -0.630. The van der Waals surface area contributed by atoms with Crippen molar-refractivity contribution in [1.82, 2.24) is 0 Å². The van der Waals surface area contributed by atoms with Crippen LogP contribution in [0, 0.1) is 6.92 Å². The van der Waals surface area contributed by atoms with Crippen LogP contribution in [0.2, 0.25) is 0 Å². The fraction of sp³-hybridized carbons (Fsp3) is 0.545. The summed E-state index contributed by atoms with van der Waals surface area (Å²) in [5, 5.41) is 2.21. The molecule has 2 rings (SSSR count). The number of rotatable bonds is 1. The van der Waals surface area contributed by atoms with E-state index in [4.69, 9.17) is 0 Å². The van der Waals surface area contributed by atoms with Crippen molar-refractivity contribution < 1.29 is 4.79 Å². The van der Waals surface area contributed by atoms with Crippen LogP contribution in [0.5, 0.6) is 0 Å². The largest absolute Gasteiger partial charge is 0.300 e. The van der Waals surface area contributed by atoms with Crippen molar-refractivity contribution in [2.45, 2.75) is 38.5 Å². The van der Waals surface area contributed by atoms with E-state index in [9.17, 15) is 4.79 Å². The van der Waals surface area contributed by atoms with Crippen LogP contribution >= 0.6 is 11.3 Å². The van der Waals surface area contributed by atoms with E-state index in [0.717, 1.165) is 19.3 Å². The number of ketones is 1. The predicted molar refractivity (Wildman–Crippen MR) is 55.3 cm³/mol. The first-order valence-corrected chi connectivity index (χ1v) is 5.70. The second-order valence-corrected chi connectivity index (χ2v) is 4.94. The molecule has 0 bridgehead atoms. The molecule has 13 heavy (non-hydrogen) atoms. The second kappa shape index (κ2) is 3.62. The highest BCUT2D eigenvalue weighted by Crippen LogP contribution is 2.33. The summed E-state index contributed by atoms with van der Waals surface area (Å²) >= 11 is 1.79. The third-order valence-corrected chi connectivity index (χ3v) is 3.58. The molecule has 0 aromatic carbocycles. The molecule has 1 fully saturated rings. The lowest BCUT2D eigenvalue weighted by atomic mass is 9.84. The quantitative estimate of drug-likeness (QED) is 0.670. The molecule has 1 atom stereocenters. The van der Waals surface area contributed by atoms with Crippen molar-refractivity contribution in [2.75, 3.05) is 0 Å². The third-order valence-electron chi connectivity index (χ3n) is 2.70. The molecule has 0 spiro atoms. The van der Waals surface area contributed by atoms with Crippen LogP contribution in [-0.2, 0) is 4.79 Å². The summed E-state index contributed by atoms with van der Waals surface area (Å²) in [6.07, 6.45) is 3.86. The molecular weight excluding hydrogens is 180 g/mol. The molecule has 0 saturated heterocycles. The fourth-order valence-electron chi connectivity index (χ4n) is 1.99. The monoisotopic (exact) mass is 194 g/mol. The summed E-state index contributed by atoms with van der Waals surface area (Å²) < 4.78 is 0. The van der Waals surface area contributed by atoms with Crippen molar-refractivity contribution in [3.63, 3.8) is 0 Å². The average Bonchev–Trinajstić information content (AvgIpc) is 2.52. The molecule has 0 aliphatic heterocycles. The first kappa shape index (κ1) is 8.95. The molecule has 0 N–H and O–H groups in total. The number of thiophene rings is 1. The minimum absolute atomic E-state index is 0.445. The Morgan fingerprint density at radius 3 is 3.00 bits per heavy atom. The van der Waals surface area contributed by atoms with Gasteiger partial charge < -0.3 is 0 Å². The standard InChI is InChI=1S/C11H14OS/c1-8-5-10(7-13-8)9-3-2-4-11(12)6-9/h5,7,9H,2-4,6H2,1H3. The van der Waals surface area contributed by atoms with E-state index >= 15 is 0 Å².